The van der Waals surface area contributed by atoms with Gasteiger partial charge >= 0.3 is 0 Å². The van der Waals surface area contributed by atoms with Gasteiger partial charge in [0, 0.05) is 12.6 Å². The van der Waals surface area contributed by atoms with Crippen molar-refractivity contribution in [1.82, 2.24) is 10.2 Å². The van der Waals surface area contributed by atoms with Gasteiger partial charge in [-0.2, -0.15) is 0 Å². The SMILES string of the molecule is CC.CC.CC.CCCCCN(C)CC1NCCC1(C)C. The second-order valence-corrected chi connectivity index (χ2v) is 5.71. The summed E-state index contributed by atoms with van der Waals surface area (Å²) in [6.07, 6.45) is 5.35. The average molecular weight is 303 g/mol. The summed E-state index contributed by atoms with van der Waals surface area (Å²) in [6, 6.07) is 0.684. The van der Waals surface area contributed by atoms with Gasteiger partial charge in [-0.1, -0.05) is 75.2 Å². The fourth-order valence-electron chi connectivity index (χ4n) is 2.37. The maximum absolute atomic E-state index is 3.63. The first-order chi connectivity index (χ1) is 10.1. The molecule has 2 nitrogen and oxygen atoms in total. The molecule has 0 aromatic rings. The van der Waals surface area contributed by atoms with Gasteiger partial charge in [-0.15, -0.1) is 0 Å². The van der Waals surface area contributed by atoms with Crippen molar-refractivity contribution >= 4 is 0 Å². The van der Waals surface area contributed by atoms with Crippen LogP contribution in [-0.4, -0.2) is 37.6 Å². The summed E-state index contributed by atoms with van der Waals surface area (Å²) in [6.45, 7) is 22.7. The van der Waals surface area contributed by atoms with E-state index in [-0.39, 0.29) is 0 Å². The van der Waals surface area contributed by atoms with Gasteiger partial charge in [-0.05, 0) is 38.4 Å². The largest absolute Gasteiger partial charge is 0.312 e. The molecular formula is C19H46N2. The molecule has 1 unspecified atom stereocenters. The number of hydrogen-bond acceptors (Lipinski definition) is 2. The molecular weight excluding hydrogens is 256 g/mol. The minimum atomic E-state index is 0.485. The fraction of sp³-hybridized carbons (Fsp3) is 1.00. The van der Waals surface area contributed by atoms with Crippen LogP contribution in [0.25, 0.3) is 0 Å². The molecule has 0 saturated carbocycles. The minimum absolute atomic E-state index is 0.485. The van der Waals surface area contributed by atoms with Crippen molar-refractivity contribution in [3.8, 4) is 0 Å². The van der Waals surface area contributed by atoms with E-state index in [4.69, 9.17) is 0 Å². The molecule has 0 radical (unpaired) electrons. The number of hydrogen-bond donors (Lipinski definition) is 1. The van der Waals surface area contributed by atoms with Crippen molar-refractivity contribution < 1.29 is 0 Å². The summed E-state index contributed by atoms with van der Waals surface area (Å²) in [5.74, 6) is 0. The van der Waals surface area contributed by atoms with Gasteiger partial charge in [0.05, 0.1) is 0 Å². The van der Waals surface area contributed by atoms with Crippen LogP contribution >= 0.6 is 0 Å². The first-order valence-corrected chi connectivity index (χ1v) is 9.48. The molecule has 2 heteroatoms. The molecule has 0 aliphatic carbocycles. The van der Waals surface area contributed by atoms with E-state index in [1.807, 2.05) is 41.5 Å². The number of nitrogens with zero attached hydrogens (tertiary/aromatic N) is 1. The van der Waals surface area contributed by atoms with Crippen LogP contribution in [0.1, 0.15) is 88.0 Å². The van der Waals surface area contributed by atoms with Crippen molar-refractivity contribution in [3.63, 3.8) is 0 Å². The number of likely N-dealkylation sites (N-methyl/N-ethyl adjacent to an activating group) is 1. The summed E-state index contributed by atoms with van der Waals surface area (Å²) >= 11 is 0. The molecule has 1 rings (SSSR count). The Bertz CT molecular complexity index is 178. The Labute approximate surface area is 137 Å². The second-order valence-electron chi connectivity index (χ2n) is 5.71. The maximum atomic E-state index is 3.63. The molecule has 0 aromatic heterocycles. The predicted molar refractivity (Wildman–Crippen MR) is 101 cm³/mol. The molecule has 0 bridgehead atoms. The molecule has 1 fully saturated rings. The lowest BCUT2D eigenvalue weighted by Crippen LogP contribution is -2.42. The van der Waals surface area contributed by atoms with Crippen molar-refractivity contribution in [2.24, 2.45) is 5.41 Å². The molecule has 1 aliphatic rings. The van der Waals surface area contributed by atoms with Gasteiger partial charge in [0.25, 0.3) is 0 Å². The van der Waals surface area contributed by atoms with Crippen LogP contribution in [0.4, 0.5) is 0 Å². The number of nitrogens with one attached hydrogen (secondary N) is 1. The zero-order valence-corrected chi connectivity index (χ0v) is 17.0. The summed E-state index contributed by atoms with van der Waals surface area (Å²) in [4.78, 5) is 2.49. The number of rotatable bonds is 6. The lowest BCUT2D eigenvalue weighted by Gasteiger charge is -2.30. The molecule has 0 amide bonds. The van der Waals surface area contributed by atoms with Gasteiger partial charge in [-0.3, -0.25) is 0 Å². The Morgan fingerprint density at radius 3 is 1.90 bits per heavy atom. The van der Waals surface area contributed by atoms with Crippen LogP contribution in [0.15, 0.2) is 0 Å². The fourth-order valence-corrected chi connectivity index (χ4v) is 2.37. The topological polar surface area (TPSA) is 15.3 Å². The third-order valence-corrected chi connectivity index (χ3v) is 3.74. The van der Waals surface area contributed by atoms with Gasteiger partial charge in [-0.25, -0.2) is 0 Å². The van der Waals surface area contributed by atoms with Crippen LogP contribution in [0.3, 0.4) is 0 Å². The first kappa shape index (κ1) is 25.9. The average Bonchev–Trinajstić information content (AvgIpc) is 2.84. The summed E-state index contributed by atoms with van der Waals surface area (Å²) < 4.78 is 0. The summed E-state index contributed by atoms with van der Waals surface area (Å²) in [5.41, 5.74) is 0.485. The van der Waals surface area contributed by atoms with Crippen LogP contribution in [0.2, 0.25) is 0 Å². The van der Waals surface area contributed by atoms with E-state index >= 15 is 0 Å². The molecule has 0 aromatic carbocycles. The van der Waals surface area contributed by atoms with E-state index in [0.717, 1.165) is 0 Å². The Morgan fingerprint density at radius 2 is 1.52 bits per heavy atom. The van der Waals surface area contributed by atoms with E-state index in [1.54, 1.807) is 0 Å². The summed E-state index contributed by atoms with van der Waals surface area (Å²) in [5, 5.41) is 3.63. The van der Waals surface area contributed by atoms with Gasteiger partial charge in [0.15, 0.2) is 0 Å². The molecule has 0 spiro atoms. The molecule has 1 saturated heterocycles. The normalized spacial score (nSPS) is 18.7. The third-order valence-electron chi connectivity index (χ3n) is 3.74. The Morgan fingerprint density at radius 1 is 1.00 bits per heavy atom. The van der Waals surface area contributed by atoms with Crippen LogP contribution < -0.4 is 5.32 Å². The quantitative estimate of drug-likeness (QED) is 0.645. The molecule has 21 heavy (non-hydrogen) atoms. The second kappa shape index (κ2) is 18.0. The maximum Gasteiger partial charge on any atom is 0.0246 e. The van der Waals surface area contributed by atoms with Crippen molar-refractivity contribution in [3.05, 3.63) is 0 Å². The Kier molecular flexibility index (Phi) is 22.1. The van der Waals surface area contributed by atoms with E-state index in [2.05, 4.69) is 38.0 Å². The molecule has 132 valence electrons. The first-order valence-electron chi connectivity index (χ1n) is 9.48. The van der Waals surface area contributed by atoms with E-state index < -0.39 is 0 Å². The molecule has 1 aliphatic heterocycles. The highest BCUT2D eigenvalue weighted by Crippen LogP contribution is 2.29. The molecule has 1 heterocycles. The van der Waals surface area contributed by atoms with E-state index in [1.165, 1.54) is 45.3 Å². The van der Waals surface area contributed by atoms with E-state index in [0.29, 0.717) is 11.5 Å². The monoisotopic (exact) mass is 302 g/mol. The molecule has 1 N–H and O–H groups in total. The van der Waals surface area contributed by atoms with Crippen LogP contribution in [-0.2, 0) is 0 Å². The molecule has 1 atom stereocenters. The third kappa shape index (κ3) is 13.3. The van der Waals surface area contributed by atoms with Crippen molar-refractivity contribution in [1.29, 1.82) is 0 Å². The predicted octanol–water partition coefficient (Wildman–Crippen LogP) is 5.58. The Hall–Kier alpha value is -0.0800. The lowest BCUT2D eigenvalue weighted by atomic mass is 9.85. The standard InChI is InChI=1S/C13H28N2.3C2H6/c1-5-6-7-10-15(4)11-12-13(2,3)8-9-14-12;3*1-2/h12,14H,5-11H2,1-4H3;3*1-2H3. The van der Waals surface area contributed by atoms with Gasteiger partial charge in [0.2, 0.25) is 0 Å². The van der Waals surface area contributed by atoms with Crippen LogP contribution in [0, 0.1) is 5.41 Å². The smallest absolute Gasteiger partial charge is 0.0246 e. The van der Waals surface area contributed by atoms with Crippen LogP contribution in [0.5, 0.6) is 0 Å². The lowest BCUT2D eigenvalue weighted by molar-refractivity contribution is 0.221. The zero-order chi connectivity index (χ0) is 17.3. The van der Waals surface area contributed by atoms with Crippen molar-refractivity contribution in [2.45, 2.75) is 94.0 Å². The highest BCUT2D eigenvalue weighted by Gasteiger charge is 2.34. The van der Waals surface area contributed by atoms with Gasteiger partial charge < -0.3 is 10.2 Å². The Balaban J connectivity index is -0.000000478. The van der Waals surface area contributed by atoms with Gasteiger partial charge in [0.1, 0.15) is 0 Å². The zero-order valence-electron chi connectivity index (χ0n) is 17.0. The van der Waals surface area contributed by atoms with Crippen molar-refractivity contribution in [2.75, 3.05) is 26.7 Å². The summed E-state index contributed by atoms with van der Waals surface area (Å²) in [7, 11) is 2.26. The van der Waals surface area contributed by atoms with E-state index in [9.17, 15) is 0 Å². The highest BCUT2D eigenvalue weighted by molar-refractivity contribution is 4.92. The number of unbranched alkanes of at least 4 members (excludes halogenated alkanes) is 2. The highest BCUT2D eigenvalue weighted by atomic mass is 15.1. The minimum Gasteiger partial charge on any atom is -0.312 e.